The smallest absolute Gasteiger partial charge is 0.258 e. The summed E-state index contributed by atoms with van der Waals surface area (Å²) >= 11 is 0. The van der Waals surface area contributed by atoms with Gasteiger partial charge in [-0.15, -0.1) is 0 Å². The monoisotopic (exact) mass is 351 g/mol. The van der Waals surface area contributed by atoms with Crippen LogP contribution in [0.1, 0.15) is 42.4 Å². The molecule has 2 aromatic carbocycles. The molecule has 1 unspecified atom stereocenters. The molecular formula is C21H21NO4. The molecule has 5 nitrogen and oxygen atoms in total. The number of nitrogens with one attached hydrogen (secondary N) is 1. The zero-order chi connectivity index (χ0) is 18.5. The maximum Gasteiger partial charge on any atom is 0.258 e. The Kier molecular flexibility index (Phi) is 5.37. The summed E-state index contributed by atoms with van der Waals surface area (Å²) in [6, 6.07) is 16.2. The van der Waals surface area contributed by atoms with Crippen molar-refractivity contribution >= 4 is 22.7 Å². The topological polar surface area (TPSA) is 68.5 Å². The van der Waals surface area contributed by atoms with E-state index in [4.69, 9.17) is 9.15 Å². The third kappa shape index (κ3) is 4.11. The quantitative estimate of drug-likeness (QED) is 0.645. The molecule has 0 fully saturated rings. The molecule has 0 saturated carbocycles. The molecule has 0 aliphatic carbocycles. The van der Waals surface area contributed by atoms with Crippen molar-refractivity contribution in [3.05, 3.63) is 65.9 Å². The minimum absolute atomic E-state index is 0.0777. The number of carbonyl (C=O) groups is 2. The Bertz CT molecular complexity index is 878. The summed E-state index contributed by atoms with van der Waals surface area (Å²) in [4.78, 5) is 23.7. The van der Waals surface area contributed by atoms with Gasteiger partial charge in [-0.1, -0.05) is 25.1 Å². The summed E-state index contributed by atoms with van der Waals surface area (Å²) in [5.74, 6) is 1.08. The molecule has 0 aliphatic rings. The van der Waals surface area contributed by atoms with Gasteiger partial charge in [-0.25, -0.2) is 0 Å². The predicted molar refractivity (Wildman–Crippen MR) is 99.3 cm³/mol. The van der Waals surface area contributed by atoms with E-state index < -0.39 is 0 Å². The molecular weight excluding hydrogens is 330 g/mol. The Hall–Kier alpha value is -3.08. The Morgan fingerprint density at radius 3 is 2.54 bits per heavy atom. The summed E-state index contributed by atoms with van der Waals surface area (Å²) in [5, 5.41) is 3.86. The van der Waals surface area contributed by atoms with Gasteiger partial charge in [0, 0.05) is 17.4 Å². The van der Waals surface area contributed by atoms with Crippen LogP contribution >= 0.6 is 0 Å². The molecule has 0 bridgehead atoms. The number of fused-ring (bicyclic) bond motifs is 1. The van der Waals surface area contributed by atoms with Crippen molar-refractivity contribution in [3.8, 4) is 5.75 Å². The maximum atomic E-state index is 12.1. The molecule has 1 aromatic heterocycles. The second kappa shape index (κ2) is 7.87. The van der Waals surface area contributed by atoms with E-state index in [0.717, 1.165) is 11.0 Å². The number of Topliss-reactive ketones (excluding diaryl/α,β-unsaturated/α-hetero) is 1. The minimum Gasteiger partial charge on any atom is -0.484 e. The number of furan rings is 1. The average Bonchev–Trinajstić information content (AvgIpc) is 3.10. The third-order valence-corrected chi connectivity index (χ3v) is 4.12. The van der Waals surface area contributed by atoms with Crippen molar-refractivity contribution in [1.82, 2.24) is 5.32 Å². The molecule has 134 valence electrons. The summed E-state index contributed by atoms with van der Waals surface area (Å²) in [6.07, 6.45) is 0.461. The van der Waals surface area contributed by atoms with E-state index in [2.05, 4.69) is 5.32 Å². The lowest BCUT2D eigenvalue weighted by molar-refractivity contribution is -0.123. The standard InChI is InChI=1S/C21H21NO4/c1-3-18(23)15-8-10-17(11-9-15)25-13-21(24)22-14(2)20-12-16-6-4-5-7-19(16)26-20/h4-12,14H,3,13H2,1-2H3,(H,22,24). The number of hydrogen-bond acceptors (Lipinski definition) is 4. The van der Waals surface area contributed by atoms with Crippen LogP contribution < -0.4 is 10.1 Å². The second-order valence-corrected chi connectivity index (χ2v) is 6.07. The van der Waals surface area contributed by atoms with Gasteiger partial charge in [0.05, 0.1) is 6.04 Å². The predicted octanol–water partition coefficient (Wildman–Crippen LogP) is 4.28. The van der Waals surface area contributed by atoms with E-state index in [9.17, 15) is 9.59 Å². The number of hydrogen-bond donors (Lipinski definition) is 1. The molecule has 0 saturated heterocycles. The molecule has 1 heterocycles. The van der Waals surface area contributed by atoms with Crippen LogP contribution in [-0.4, -0.2) is 18.3 Å². The normalized spacial score (nSPS) is 11.9. The lowest BCUT2D eigenvalue weighted by Crippen LogP contribution is -2.31. The van der Waals surface area contributed by atoms with Gasteiger partial charge in [0.2, 0.25) is 0 Å². The van der Waals surface area contributed by atoms with Crippen LogP contribution in [0.3, 0.4) is 0 Å². The summed E-state index contributed by atoms with van der Waals surface area (Å²) in [6.45, 7) is 3.58. The molecule has 3 rings (SSSR count). The lowest BCUT2D eigenvalue weighted by atomic mass is 10.1. The SMILES string of the molecule is CCC(=O)c1ccc(OCC(=O)NC(C)c2cc3ccccc3o2)cc1. The summed E-state index contributed by atoms with van der Waals surface area (Å²) in [5.41, 5.74) is 1.43. The average molecular weight is 351 g/mol. The van der Waals surface area contributed by atoms with E-state index in [1.165, 1.54) is 0 Å². The van der Waals surface area contributed by atoms with Gasteiger partial charge < -0.3 is 14.5 Å². The highest BCUT2D eigenvalue weighted by Crippen LogP contribution is 2.23. The van der Waals surface area contributed by atoms with Crippen LogP contribution in [-0.2, 0) is 4.79 Å². The summed E-state index contributed by atoms with van der Waals surface area (Å²) < 4.78 is 11.2. The number of ketones is 1. The molecule has 3 aromatic rings. The molecule has 0 aliphatic heterocycles. The van der Waals surface area contributed by atoms with Gasteiger partial charge in [-0.3, -0.25) is 9.59 Å². The van der Waals surface area contributed by atoms with Gasteiger partial charge >= 0.3 is 0 Å². The van der Waals surface area contributed by atoms with Gasteiger partial charge in [-0.2, -0.15) is 0 Å². The van der Waals surface area contributed by atoms with Crippen LogP contribution in [0.4, 0.5) is 0 Å². The molecule has 1 N–H and O–H groups in total. The number of carbonyl (C=O) groups excluding carboxylic acids is 2. The number of rotatable bonds is 7. The van der Waals surface area contributed by atoms with Gasteiger partial charge in [0.1, 0.15) is 17.1 Å². The van der Waals surface area contributed by atoms with E-state index in [1.807, 2.05) is 44.2 Å². The zero-order valence-corrected chi connectivity index (χ0v) is 14.8. The molecule has 1 amide bonds. The van der Waals surface area contributed by atoms with Crippen LogP contribution in [0.5, 0.6) is 5.75 Å². The van der Waals surface area contributed by atoms with E-state index in [0.29, 0.717) is 23.5 Å². The van der Waals surface area contributed by atoms with E-state index >= 15 is 0 Å². The Balaban J connectivity index is 1.54. The van der Waals surface area contributed by atoms with Crippen molar-refractivity contribution < 1.29 is 18.7 Å². The second-order valence-electron chi connectivity index (χ2n) is 6.07. The first-order valence-electron chi connectivity index (χ1n) is 8.60. The van der Waals surface area contributed by atoms with Crippen LogP contribution in [0.15, 0.2) is 59.0 Å². The van der Waals surface area contributed by atoms with Crippen molar-refractivity contribution in [2.45, 2.75) is 26.3 Å². The third-order valence-electron chi connectivity index (χ3n) is 4.12. The van der Waals surface area contributed by atoms with Crippen LogP contribution in [0.25, 0.3) is 11.0 Å². The van der Waals surface area contributed by atoms with Crippen molar-refractivity contribution in [3.63, 3.8) is 0 Å². The molecule has 0 radical (unpaired) electrons. The van der Waals surface area contributed by atoms with E-state index in [1.54, 1.807) is 24.3 Å². The number of ether oxygens (including phenoxy) is 1. The number of benzene rings is 2. The zero-order valence-electron chi connectivity index (χ0n) is 14.8. The molecule has 0 spiro atoms. The highest BCUT2D eigenvalue weighted by atomic mass is 16.5. The Morgan fingerprint density at radius 1 is 1.12 bits per heavy atom. The Morgan fingerprint density at radius 2 is 1.85 bits per heavy atom. The van der Waals surface area contributed by atoms with Gasteiger partial charge in [-0.05, 0) is 43.3 Å². The first kappa shape index (κ1) is 17.7. The molecule has 26 heavy (non-hydrogen) atoms. The minimum atomic E-state index is -0.261. The fourth-order valence-corrected chi connectivity index (χ4v) is 2.66. The molecule has 1 atom stereocenters. The fraction of sp³-hybridized carbons (Fsp3) is 0.238. The lowest BCUT2D eigenvalue weighted by Gasteiger charge is -2.12. The fourth-order valence-electron chi connectivity index (χ4n) is 2.66. The van der Waals surface area contributed by atoms with Gasteiger partial charge in [0.25, 0.3) is 5.91 Å². The van der Waals surface area contributed by atoms with Crippen LogP contribution in [0, 0.1) is 0 Å². The largest absolute Gasteiger partial charge is 0.484 e. The van der Waals surface area contributed by atoms with Crippen molar-refractivity contribution in [2.75, 3.05) is 6.61 Å². The highest BCUT2D eigenvalue weighted by molar-refractivity contribution is 5.95. The Labute approximate surface area is 152 Å². The van der Waals surface area contributed by atoms with Gasteiger partial charge in [0.15, 0.2) is 12.4 Å². The van der Waals surface area contributed by atoms with Crippen LogP contribution in [0.2, 0.25) is 0 Å². The van der Waals surface area contributed by atoms with Crippen molar-refractivity contribution in [2.24, 2.45) is 0 Å². The maximum absolute atomic E-state index is 12.1. The van der Waals surface area contributed by atoms with Crippen molar-refractivity contribution in [1.29, 1.82) is 0 Å². The summed E-state index contributed by atoms with van der Waals surface area (Å²) in [7, 11) is 0. The first-order chi connectivity index (χ1) is 12.6. The van der Waals surface area contributed by atoms with E-state index in [-0.39, 0.29) is 24.3 Å². The first-order valence-corrected chi connectivity index (χ1v) is 8.60. The molecule has 5 heteroatoms. The highest BCUT2D eigenvalue weighted by Gasteiger charge is 2.14. The number of para-hydroxylation sites is 1. The number of amides is 1.